The lowest BCUT2D eigenvalue weighted by Gasteiger charge is -2.23. The second-order valence-corrected chi connectivity index (χ2v) is 5.18. The Morgan fingerprint density at radius 3 is 2.53 bits per heavy atom. The SMILES string of the molecule is CCN(CC)CCN1CC(c2ccccc2)CC1=O. The van der Waals surface area contributed by atoms with Crippen LogP contribution in [0.15, 0.2) is 30.3 Å². The molecule has 1 heterocycles. The Hall–Kier alpha value is -1.35. The zero-order chi connectivity index (χ0) is 13.7. The van der Waals surface area contributed by atoms with Crippen molar-refractivity contribution in [2.75, 3.05) is 32.7 Å². The van der Waals surface area contributed by atoms with Gasteiger partial charge in [0.1, 0.15) is 0 Å². The topological polar surface area (TPSA) is 23.6 Å². The Bertz CT molecular complexity index is 400. The Morgan fingerprint density at radius 2 is 1.89 bits per heavy atom. The van der Waals surface area contributed by atoms with Crippen LogP contribution in [0.25, 0.3) is 0 Å². The van der Waals surface area contributed by atoms with Gasteiger partial charge in [-0.2, -0.15) is 0 Å². The molecule has 0 radical (unpaired) electrons. The van der Waals surface area contributed by atoms with E-state index in [1.54, 1.807) is 0 Å². The Labute approximate surface area is 116 Å². The van der Waals surface area contributed by atoms with Gasteiger partial charge in [-0.25, -0.2) is 0 Å². The fourth-order valence-corrected chi connectivity index (χ4v) is 2.74. The van der Waals surface area contributed by atoms with Crippen molar-refractivity contribution < 1.29 is 4.79 Å². The van der Waals surface area contributed by atoms with Gasteiger partial charge in [0.05, 0.1) is 0 Å². The predicted octanol–water partition coefficient (Wildman–Crippen LogP) is 2.34. The quantitative estimate of drug-likeness (QED) is 0.784. The third kappa shape index (κ3) is 3.57. The van der Waals surface area contributed by atoms with E-state index in [1.807, 2.05) is 11.0 Å². The zero-order valence-electron chi connectivity index (χ0n) is 12.0. The smallest absolute Gasteiger partial charge is 0.223 e. The molecule has 3 heteroatoms. The first-order valence-corrected chi connectivity index (χ1v) is 7.29. The highest BCUT2D eigenvalue weighted by molar-refractivity contribution is 5.79. The van der Waals surface area contributed by atoms with Gasteiger partial charge in [-0.3, -0.25) is 4.79 Å². The molecular weight excluding hydrogens is 236 g/mol. The van der Waals surface area contributed by atoms with Gasteiger partial charge in [-0.05, 0) is 18.7 Å². The average molecular weight is 260 g/mol. The Kier molecular flexibility index (Phi) is 4.97. The maximum absolute atomic E-state index is 12.1. The normalized spacial score (nSPS) is 19.4. The summed E-state index contributed by atoms with van der Waals surface area (Å²) in [5.41, 5.74) is 1.29. The molecule has 1 atom stereocenters. The first-order chi connectivity index (χ1) is 9.24. The van der Waals surface area contributed by atoms with Crippen molar-refractivity contribution in [3.63, 3.8) is 0 Å². The molecule has 1 unspecified atom stereocenters. The van der Waals surface area contributed by atoms with E-state index in [2.05, 4.69) is 43.0 Å². The fourth-order valence-electron chi connectivity index (χ4n) is 2.74. The van der Waals surface area contributed by atoms with Crippen LogP contribution in [0.2, 0.25) is 0 Å². The molecule has 0 N–H and O–H groups in total. The molecule has 0 aliphatic carbocycles. The van der Waals surface area contributed by atoms with Gasteiger partial charge < -0.3 is 9.80 Å². The van der Waals surface area contributed by atoms with Crippen molar-refractivity contribution in [1.29, 1.82) is 0 Å². The van der Waals surface area contributed by atoms with Gasteiger partial charge in [-0.1, -0.05) is 44.2 Å². The maximum atomic E-state index is 12.1. The van der Waals surface area contributed by atoms with Gasteiger partial charge in [0, 0.05) is 32.0 Å². The summed E-state index contributed by atoms with van der Waals surface area (Å²) in [4.78, 5) is 16.4. The number of benzene rings is 1. The third-order valence-electron chi connectivity index (χ3n) is 4.07. The van der Waals surface area contributed by atoms with Crippen LogP contribution in [-0.4, -0.2) is 48.4 Å². The second kappa shape index (κ2) is 6.71. The minimum atomic E-state index is 0.306. The highest BCUT2D eigenvalue weighted by atomic mass is 16.2. The number of likely N-dealkylation sites (tertiary alicyclic amines) is 1. The fraction of sp³-hybridized carbons (Fsp3) is 0.562. The number of carbonyl (C=O) groups is 1. The summed E-state index contributed by atoms with van der Waals surface area (Å²) in [6.07, 6.45) is 0.669. The summed E-state index contributed by atoms with van der Waals surface area (Å²) in [6, 6.07) is 10.4. The molecule has 1 aromatic carbocycles. The van der Waals surface area contributed by atoms with E-state index in [1.165, 1.54) is 5.56 Å². The molecule has 1 aliphatic heterocycles. The number of hydrogen-bond acceptors (Lipinski definition) is 2. The lowest BCUT2D eigenvalue weighted by Crippen LogP contribution is -2.35. The average Bonchev–Trinajstić information content (AvgIpc) is 2.82. The highest BCUT2D eigenvalue weighted by Gasteiger charge is 2.30. The van der Waals surface area contributed by atoms with Crippen molar-refractivity contribution in [2.24, 2.45) is 0 Å². The van der Waals surface area contributed by atoms with Crippen molar-refractivity contribution >= 4 is 5.91 Å². The van der Waals surface area contributed by atoms with Crippen molar-refractivity contribution in [3.05, 3.63) is 35.9 Å². The first kappa shape index (κ1) is 14.1. The Morgan fingerprint density at radius 1 is 1.21 bits per heavy atom. The molecule has 19 heavy (non-hydrogen) atoms. The molecule has 0 saturated carbocycles. The molecule has 1 aromatic rings. The van der Waals surface area contributed by atoms with Crippen LogP contribution in [0.3, 0.4) is 0 Å². The number of hydrogen-bond donors (Lipinski definition) is 0. The van der Waals surface area contributed by atoms with Crippen LogP contribution < -0.4 is 0 Å². The number of carbonyl (C=O) groups excluding carboxylic acids is 1. The van der Waals surface area contributed by atoms with Crippen molar-refractivity contribution in [2.45, 2.75) is 26.2 Å². The van der Waals surface area contributed by atoms with Gasteiger partial charge in [0.25, 0.3) is 0 Å². The van der Waals surface area contributed by atoms with Gasteiger partial charge in [-0.15, -0.1) is 0 Å². The van der Waals surface area contributed by atoms with Gasteiger partial charge in [0.2, 0.25) is 5.91 Å². The number of amides is 1. The lowest BCUT2D eigenvalue weighted by atomic mass is 9.99. The first-order valence-electron chi connectivity index (χ1n) is 7.29. The van der Waals surface area contributed by atoms with Crippen LogP contribution in [-0.2, 0) is 4.79 Å². The molecule has 1 amide bonds. The summed E-state index contributed by atoms with van der Waals surface area (Å²) in [5, 5.41) is 0. The minimum absolute atomic E-state index is 0.306. The van der Waals surface area contributed by atoms with Crippen molar-refractivity contribution in [1.82, 2.24) is 9.80 Å². The van der Waals surface area contributed by atoms with E-state index in [0.29, 0.717) is 18.2 Å². The van der Waals surface area contributed by atoms with E-state index in [4.69, 9.17) is 0 Å². The highest BCUT2D eigenvalue weighted by Crippen LogP contribution is 2.27. The predicted molar refractivity (Wildman–Crippen MR) is 78.2 cm³/mol. The summed E-state index contributed by atoms with van der Waals surface area (Å²) in [5.74, 6) is 0.686. The van der Waals surface area contributed by atoms with Crippen LogP contribution in [0.5, 0.6) is 0 Å². The van der Waals surface area contributed by atoms with Crippen LogP contribution in [0.1, 0.15) is 31.7 Å². The molecule has 3 nitrogen and oxygen atoms in total. The van der Waals surface area contributed by atoms with E-state index in [0.717, 1.165) is 32.7 Å². The number of rotatable bonds is 6. The largest absolute Gasteiger partial charge is 0.341 e. The minimum Gasteiger partial charge on any atom is -0.341 e. The van der Waals surface area contributed by atoms with E-state index in [-0.39, 0.29) is 0 Å². The summed E-state index contributed by atoms with van der Waals surface area (Å²) >= 11 is 0. The van der Waals surface area contributed by atoms with Crippen LogP contribution in [0.4, 0.5) is 0 Å². The third-order valence-corrected chi connectivity index (χ3v) is 4.07. The zero-order valence-corrected chi connectivity index (χ0v) is 12.0. The monoisotopic (exact) mass is 260 g/mol. The van der Waals surface area contributed by atoms with E-state index in [9.17, 15) is 4.79 Å². The van der Waals surface area contributed by atoms with E-state index < -0.39 is 0 Å². The molecule has 0 aromatic heterocycles. The molecule has 1 aliphatic rings. The molecule has 104 valence electrons. The van der Waals surface area contributed by atoms with E-state index >= 15 is 0 Å². The van der Waals surface area contributed by atoms with Crippen molar-refractivity contribution in [3.8, 4) is 0 Å². The second-order valence-electron chi connectivity index (χ2n) is 5.18. The van der Waals surface area contributed by atoms with Crippen LogP contribution in [0, 0.1) is 0 Å². The summed E-state index contributed by atoms with van der Waals surface area (Å²) < 4.78 is 0. The summed E-state index contributed by atoms with van der Waals surface area (Å²) in [7, 11) is 0. The van der Waals surface area contributed by atoms with Gasteiger partial charge in [0.15, 0.2) is 0 Å². The van der Waals surface area contributed by atoms with Gasteiger partial charge >= 0.3 is 0 Å². The van der Waals surface area contributed by atoms with Crippen LogP contribution >= 0.6 is 0 Å². The molecule has 0 spiro atoms. The standard InChI is InChI=1S/C16H24N2O/c1-3-17(4-2)10-11-18-13-15(12-16(18)19)14-8-6-5-7-9-14/h5-9,15H,3-4,10-13H2,1-2H3. The molecule has 1 saturated heterocycles. The maximum Gasteiger partial charge on any atom is 0.223 e. The number of likely N-dealkylation sites (N-methyl/N-ethyl adjacent to an activating group) is 1. The lowest BCUT2D eigenvalue weighted by molar-refractivity contribution is -0.127. The molecular formula is C16H24N2O. The molecule has 1 fully saturated rings. The molecule has 2 rings (SSSR count). The summed E-state index contributed by atoms with van der Waals surface area (Å²) in [6.45, 7) is 9.18. The molecule has 0 bridgehead atoms. The Balaban J connectivity index is 1.89. The number of nitrogens with zero attached hydrogens (tertiary/aromatic N) is 2.